The van der Waals surface area contributed by atoms with E-state index in [1.54, 1.807) is 0 Å². The van der Waals surface area contributed by atoms with E-state index in [9.17, 15) is 9.59 Å². The number of amides is 1. The van der Waals surface area contributed by atoms with Gasteiger partial charge < -0.3 is 19.5 Å². The van der Waals surface area contributed by atoms with Gasteiger partial charge in [0.25, 0.3) is 11.5 Å². The fraction of sp³-hybridized carbons (Fsp3) is 0.292. The summed E-state index contributed by atoms with van der Waals surface area (Å²) >= 11 is 0. The summed E-state index contributed by atoms with van der Waals surface area (Å²) in [5, 5.41) is 7.21. The first-order chi connectivity index (χ1) is 15.6. The highest BCUT2D eigenvalue weighted by molar-refractivity contribution is 5.92. The Morgan fingerprint density at radius 3 is 2.66 bits per heavy atom. The quantitative estimate of drug-likeness (QED) is 0.585. The number of hydrogen-bond donors (Lipinski definition) is 1. The second-order valence-corrected chi connectivity index (χ2v) is 7.28. The molecule has 0 aliphatic carbocycles. The molecule has 1 unspecified atom stereocenters. The zero-order chi connectivity index (χ0) is 22.3. The highest BCUT2D eigenvalue weighted by Gasteiger charge is 2.19. The Morgan fingerprint density at radius 2 is 1.88 bits per heavy atom. The van der Waals surface area contributed by atoms with Crippen molar-refractivity contribution in [3.63, 3.8) is 0 Å². The highest BCUT2D eigenvalue weighted by atomic mass is 16.6. The van der Waals surface area contributed by atoms with Crippen LogP contribution in [0.2, 0.25) is 0 Å². The number of nitrogens with one attached hydrogen (secondary N) is 1. The van der Waals surface area contributed by atoms with Crippen molar-refractivity contribution in [3.05, 3.63) is 82.3 Å². The fourth-order valence-electron chi connectivity index (χ4n) is 3.43. The van der Waals surface area contributed by atoms with Gasteiger partial charge in [-0.25, -0.2) is 4.68 Å². The van der Waals surface area contributed by atoms with Gasteiger partial charge in [-0.2, -0.15) is 5.10 Å². The van der Waals surface area contributed by atoms with Crippen molar-refractivity contribution in [2.24, 2.45) is 0 Å². The first-order valence-electron chi connectivity index (χ1n) is 10.6. The zero-order valence-electron chi connectivity index (χ0n) is 17.8. The Balaban J connectivity index is 1.43. The summed E-state index contributed by atoms with van der Waals surface area (Å²) in [5.41, 5.74) is 0.784. The van der Waals surface area contributed by atoms with Crippen molar-refractivity contribution in [2.75, 3.05) is 19.8 Å². The van der Waals surface area contributed by atoms with Crippen LogP contribution in [0.4, 0.5) is 0 Å². The normalized spacial score (nSPS) is 13.3. The van der Waals surface area contributed by atoms with Crippen LogP contribution < -0.4 is 25.1 Å². The Bertz CT molecular complexity index is 1130. The van der Waals surface area contributed by atoms with Crippen molar-refractivity contribution in [3.8, 4) is 17.2 Å². The number of fused-ring (bicyclic) bond motifs is 1. The number of benzene rings is 2. The molecule has 1 N–H and O–H groups in total. The minimum absolute atomic E-state index is 0.167. The maximum absolute atomic E-state index is 12.9. The summed E-state index contributed by atoms with van der Waals surface area (Å²) < 4.78 is 18.1. The van der Waals surface area contributed by atoms with Gasteiger partial charge in [-0.05, 0) is 42.3 Å². The van der Waals surface area contributed by atoms with Gasteiger partial charge in [-0.1, -0.05) is 31.2 Å². The number of para-hydroxylation sites is 1. The third-order valence-electron chi connectivity index (χ3n) is 5.10. The molecule has 2 aromatic carbocycles. The molecule has 32 heavy (non-hydrogen) atoms. The molecule has 0 saturated carbocycles. The summed E-state index contributed by atoms with van der Waals surface area (Å²) in [5.74, 6) is 1.73. The smallest absolute Gasteiger partial charge is 0.272 e. The molecule has 0 spiro atoms. The second kappa shape index (κ2) is 10.00. The predicted molar refractivity (Wildman–Crippen MR) is 118 cm³/mol. The molecule has 1 aliphatic rings. The molecule has 166 valence electrons. The number of hydrogen-bond acceptors (Lipinski definition) is 6. The molecule has 3 aromatic rings. The maximum Gasteiger partial charge on any atom is 0.272 e. The highest BCUT2D eigenvalue weighted by Crippen LogP contribution is 2.33. The van der Waals surface area contributed by atoms with Crippen molar-refractivity contribution in [2.45, 2.75) is 25.9 Å². The average Bonchev–Trinajstić information content (AvgIpc) is 2.84. The first-order valence-corrected chi connectivity index (χ1v) is 10.6. The molecule has 2 heterocycles. The average molecular weight is 435 g/mol. The molecule has 4 rings (SSSR count). The lowest BCUT2D eigenvalue weighted by atomic mass is 10.0. The van der Waals surface area contributed by atoms with Gasteiger partial charge in [0.2, 0.25) is 0 Å². The van der Waals surface area contributed by atoms with E-state index in [2.05, 4.69) is 10.4 Å². The zero-order valence-corrected chi connectivity index (χ0v) is 17.8. The van der Waals surface area contributed by atoms with Gasteiger partial charge >= 0.3 is 0 Å². The molecule has 1 amide bonds. The topological polar surface area (TPSA) is 91.7 Å². The number of carbonyl (C=O) groups is 1. The molecule has 1 aromatic heterocycles. The predicted octanol–water partition coefficient (Wildman–Crippen LogP) is 2.97. The SMILES string of the molecule is CCC(NC(=O)c1ccc(=O)n(CCOc2ccccc2)n1)c1ccc2c(c1)OCCO2. The van der Waals surface area contributed by atoms with E-state index in [0.29, 0.717) is 36.9 Å². The molecule has 0 radical (unpaired) electrons. The number of ether oxygens (including phenoxy) is 3. The standard InChI is InChI=1S/C24H25N3O5/c1-2-19(17-8-10-21-22(16-17)32-15-14-31-21)25-24(29)20-9-11-23(28)27(26-20)12-13-30-18-6-4-3-5-7-18/h3-11,16,19H,2,12-15H2,1H3,(H,25,29). The van der Waals surface area contributed by atoms with Crippen LogP contribution in [0, 0.1) is 0 Å². The second-order valence-electron chi connectivity index (χ2n) is 7.28. The van der Waals surface area contributed by atoms with Crippen LogP contribution >= 0.6 is 0 Å². The summed E-state index contributed by atoms with van der Waals surface area (Å²) in [6.45, 7) is 3.50. The Labute approximate surface area is 185 Å². The lowest BCUT2D eigenvalue weighted by molar-refractivity contribution is 0.0927. The van der Waals surface area contributed by atoms with Gasteiger partial charge in [0.15, 0.2) is 11.5 Å². The minimum atomic E-state index is -0.357. The molecule has 0 fully saturated rings. The van der Waals surface area contributed by atoms with Crippen LogP contribution in [0.3, 0.4) is 0 Å². The van der Waals surface area contributed by atoms with Crippen LogP contribution in [-0.4, -0.2) is 35.5 Å². The first kappa shape index (κ1) is 21.4. The van der Waals surface area contributed by atoms with E-state index in [1.807, 2.05) is 55.5 Å². The van der Waals surface area contributed by atoms with E-state index < -0.39 is 0 Å². The molecule has 8 nitrogen and oxygen atoms in total. The molecule has 0 bridgehead atoms. The molecule has 1 aliphatic heterocycles. The van der Waals surface area contributed by atoms with Crippen LogP contribution in [0.5, 0.6) is 17.2 Å². The Kier molecular flexibility index (Phi) is 6.69. The van der Waals surface area contributed by atoms with Gasteiger partial charge in [0, 0.05) is 6.07 Å². The van der Waals surface area contributed by atoms with Crippen LogP contribution in [0.15, 0.2) is 65.5 Å². The number of nitrogens with zero attached hydrogens (tertiary/aromatic N) is 2. The van der Waals surface area contributed by atoms with Crippen molar-refractivity contribution in [1.82, 2.24) is 15.1 Å². The third-order valence-corrected chi connectivity index (χ3v) is 5.10. The molecule has 1 atom stereocenters. The Hall–Kier alpha value is -3.81. The van der Waals surface area contributed by atoms with Gasteiger partial charge in [0.1, 0.15) is 31.3 Å². The summed E-state index contributed by atoms with van der Waals surface area (Å²) in [7, 11) is 0. The number of carbonyl (C=O) groups excluding carboxylic acids is 1. The van der Waals surface area contributed by atoms with Crippen LogP contribution in [-0.2, 0) is 6.54 Å². The molecular formula is C24H25N3O5. The van der Waals surface area contributed by atoms with Crippen molar-refractivity contribution < 1.29 is 19.0 Å². The molecule has 8 heteroatoms. The van der Waals surface area contributed by atoms with E-state index in [4.69, 9.17) is 14.2 Å². The summed E-state index contributed by atoms with van der Waals surface area (Å²) in [4.78, 5) is 25.0. The van der Waals surface area contributed by atoms with E-state index in [0.717, 1.165) is 5.56 Å². The van der Waals surface area contributed by atoms with E-state index >= 15 is 0 Å². The van der Waals surface area contributed by atoms with Gasteiger partial charge in [-0.3, -0.25) is 9.59 Å². The largest absolute Gasteiger partial charge is 0.492 e. The van der Waals surface area contributed by atoms with Crippen molar-refractivity contribution >= 4 is 5.91 Å². The monoisotopic (exact) mass is 435 g/mol. The minimum Gasteiger partial charge on any atom is -0.492 e. The fourth-order valence-corrected chi connectivity index (χ4v) is 3.43. The van der Waals surface area contributed by atoms with Gasteiger partial charge in [0.05, 0.1) is 12.6 Å². The van der Waals surface area contributed by atoms with Crippen LogP contribution in [0.25, 0.3) is 0 Å². The lowest BCUT2D eigenvalue weighted by Crippen LogP contribution is -2.32. The van der Waals surface area contributed by atoms with Crippen LogP contribution in [0.1, 0.15) is 35.4 Å². The maximum atomic E-state index is 12.9. The van der Waals surface area contributed by atoms with E-state index in [-0.39, 0.29) is 36.4 Å². The number of rotatable bonds is 8. The lowest BCUT2D eigenvalue weighted by Gasteiger charge is -2.22. The summed E-state index contributed by atoms with van der Waals surface area (Å²) in [6, 6.07) is 17.5. The summed E-state index contributed by atoms with van der Waals surface area (Å²) in [6.07, 6.45) is 0.677. The number of aromatic nitrogens is 2. The molecule has 0 saturated heterocycles. The van der Waals surface area contributed by atoms with E-state index in [1.165, 1.54) is 16.8 Å². The van der Waals surface area contributed by atoms with Crippen molar-refractivity contribution in [1.29, 1.82) is 0 Å². The van der Waals surface area contributed by atoms with Gasteiger partial charge in [-0.15, -0.1) is 0 Å². The third kappa shape index (κ3) is 5.08. The molecular weight excluding hydrogens is 410 g/mol. The Morgan fingerprint density at radius 1 is 1.09 bits per heavy atom.